The number of rotatable bonds is 6. The minimum absolute atomic E-state index is 0.675. The third-order valence-corrected chi connectivity index (χ3v) is 7.05. The average Bonchev–Trinajstić information content (AvgIpc) is 2.72. The molecule has 0 spiro atoms. The summed E-state index contributed by atoms with van der Waals surface area (Å²) in [6, 6.07) is 12.3. The van der Waals surface area contributed by atoms with Gasteiger partial charge in [-0.2, -0.15) is 0 Å². The van der Waals surface area contributed by atoms with Crippen LogP contribution in [0.4, 0.5) is 11.4 Å². The number of hydrogen-bond acceptors (Lipinski definition) is 5. The minimum Gasteiger partial charge on any atom is -0.453 e. The van der Waals surface area contributed by atoms with Gasteiger partial charge >= 0.3 is 0 Å². The topological polar surface area (TPSA) is 34.2 Å². The number of nitrogens with zero attached hydrogens (tertiary/aromatic N) is 2. The Morgan fingerprint density at radius 3 is 2.10 bits per heavy atom. The molecule has 0 amide bonds. The molecule has 0 saturated carbocycles. The molecule has 2 saturated heterocycles. The van der Waals surface area contributed by atoms with Crippen LogP contribution in [0.5, 0.6) is 11.5 Å². The lowest BCUT2D eigenvalue weighted by molar-refractivity contribution is -0.0455. The Bertz CT molecular complexity index is 847. The maximum absolute atomic E-state index is 6.15. The third-order valence-electron chi connectivity index (χ3n) is 6.06. The van der Waals surface area contributed by atoms with Crippen LogP contribution in [0.25, 0.3) is 0 Å². The van der Waals surface area contributed by atoms with Crippen LogP contribution in [-0.4, -0.2) is 57.5 Å². The highest BCUT2D eigenvalue weighted by Crippen LogP contribution is 2.48. The largest absolute Gasteiger partial charge is 0.453 e. The van der Waals surface area contributed by atoms with Crippen LogP contribution in [0.15, 0.2) is 45.3 Å². The average molecular weight is 538 g/mol. The SMILES string of the molecule is Brc1ccc2c(c1)Oc1cc(Br)ccc1N2CCOCCN1CC2COCC(C2)C1. The highest BCUT2D eigenvalue weighted by atomic mass is 79.9. The van der Waals surface area contributed by atoms with Gasteiger partial charge in [-0.25, -0.2) is 0 Å². The van der Waals surface area contributed by atoms with Crippen molar-refractivity contribution in [3.8, 4) is 11.5 Å². The summed E-state index contributed by atoms with van der Waals surface area (Å²) in [6.07, 6.45) is 1.33. The van der Waals surface area contributed by atoms with E-state index in [9.17, 15) is 0 Å². The lowest BCUT2D eigenvalue weighted by atomic mass is 9.88. The molecule has 0 N–H and O–H groups in total. The number of halogens is 2. The molecule has 5 rings (SSSR count). The summed E-state index contributed by atoms with van der Waals surface area (Å²) in [4.78, 5) is 4.84. The summed E-state index contributed by atoms with van der Waals surface area (Å²) in [5.74, 6) is 3.13. The van der Waals surface area contributed by atoms with Crippen molar-refractivity contribution in [3.05, 3.63) is 45.3 Å². The molecular weight excluding hydrogens is 512 g/mol. The van der Waals surface area contributed by atoms with Crippen LogP contribution in [0.1, 0.15) is 6.42 Å². The van der Waals surface area contributed by atoms with Crippen molar-refractivity contribution in [3.63, 3.8) is 0 Å². The van der Waals surface area contributed by atoms with E-state index < -0.39 is 0 Å². The minimum atomic E-state index is 0.675. The van der Waals surface area contributed by atoms with Crippen molar-refractivity contribution in [2.75, 3.05) is 57.5 Å². The van der Waals surface area contributed by atoms with E-state index in [1.165, 1.54) is 6.42 Å². The van der Waals surface area contributed by atoms with E-state index in [2.05, 4.69) is 65.9 Å². The summed E-state index contributed by atoms with van der Waals surface area (Å²) in [5.41, 5.74) is 2.14. The van der Waals surface area contributed by atoms with Gasteiger partial charge < -0.3 is 24.0 Å². The van der Waals surface area contributed by atoms with Crippen molar-refractivity contribution in [2.45, 2.75) is 6.42 Å². The fraction of sp³-hybridized carbons (Fsp3) is 0.478. The molecule has 2 bridgehead atoms. The first-order valence-corrected chi connectivity index (χ1v) is 12.2. The predicted octanol–water partition coefficient (Wildman–Crippen LogP) is 5.44. The molecule has 2 aromatic rings. The second-order valence-corrected chi connectivity index (χ2v) is 10.2. The quantitative estimate of drug-likeness (QED) is 0.458. The van der Waals surface area contributed by atoms with Gasteiger partial charge in [-0.3, -0.25) is 0 Å². The Labute approximate surface area is 194 Å². The van der Waals surface area contributed by atoms with Crippen molar-refractivity contribution >= 4 is 43.2 Å². The van der Waals surface area contributed by atoms with Gasteiger partial charge in [0.2, 0.25) is 0 Å². The lowest BCUT2D eigenvalue weighted by Crippen LogP contribution is -2.47. The molecule has 30 heavy (non-hydrogen) atoms. The van der Waals surface area contributed by atoms with E-state index in [4.69, 9.17) is 14.2 Å². The highest BCUT2D eigenvalue weighted by Gasteiger charge is 2.31. The number of piperidine rings is 1. The van der Waals surface area contributed by atoms with Gasteiger partial charge in [0, 0.05) is 35.1 Å². The molecule has 160 valence electrons. The Morgan fingerprint density at radius 2 is 1.47 bits per heavy atom. The number of fused-ring (bicyclic) bond motifs is 4. The van der Waals surface area contributed by atoms with Crippen LogP contribution in [0.3, 0.4) is 0 Å². The van der Waals surface area contributed by atoms with Crippen LogP contribution in [-0.2, 0) is 9.47 Å². The fourth-order valence-corrected chi connectivity index (χ4v) is 5.46. The molecule has 3 aliphatic heterocycles. The first-order chi connectivity index (χ1) is 14.7. The first kappa shape index (κ1) is 20.8. The third kappa shape index (κ3) is 4.55. The first-order valence-electron chi connectivity index (χ1n) is 10.6. The second kappa shape index (κ2) is 9.17. The van der Waals surface area contributed by atoms with E-state index in [1.54, 1.807) is 0 Å². The molecule has 2 unspecified atom stereocenters. The zero-order chi connectivity index (χ0) is 20.5. The number of ether oxygens (including phenoxy) is 3. The number of likely N-dealkylation sites (tertiary alicyclic amines) is 1. The number of benzene rings is 2. The molecular formula is C23H26Br2N2O3. The van der Waals surface area contributed by atoms with E-state index in [1.807, 2.05) is 12.1 Å². The van der Waals surface area contributed by atoms with Crippen LogP contribution < -0.4 is 9.64 Å². The molecule has 0 aliphatic carbocycles. The summed E-state index contributed by atoms with van der Waals surface area (Å²) >= 11 is 7.10. The summed E-state index contributed by atoms with van der Waals surface area (Å²) in [6.45, 7) is 7.38. The zero-order valence-corrected chi connectivity index (χ0v) is 20.0. The van der Waals surface area contributed by atoms with Gasteiger partial charge in [-0.05, 0) is 54.7 Å². The molecule has 0 aromatic heterocycles. The summed E-state index contributed by atoms with van der Waals surface area (Å²) < 4.78 is 19.9. The van der Waals surface area contributed by atoms with Crippen molar-refractivity contribution in [1.82, 2.24) is 4.90 Å². The van der Waals surface area contributed by atoms with E-state index in [-0.39, 0.29) is 0 Å². The van der Waals surface area contributed by atoms with Gasteiger partial charge in [0.1, 0.15) is 0 Å². The molecule has 5 nitrogen and oxygen atoms in total. The maximum atomic E-state index is 6.15. The molecule has 2 atom stereocenters. The van der Waals surface area contributed by atoms with E-state index >= 15 is 0 Å². The predicted molar refractivity (Wildman–Crippen MR) is 125 cm³/mol. The Kier molecular flexibility index (Phi) is 6.34. The Hall–Kier alpha value is -1.12. The lowest BCUT2D eigenvalue weighted by Gasteiger charge is -2.41. The van der Waals surface area contributed by atoms with Gasteiger partial charge in [0.25, 0.3) is 0 Å². The van der Waals surface area contributed by atoms with Crippen molar-refractivity contribution in [2.24, 2.45) is 11.8 Å². The molecule has 0 radical (unpaired) electrons. The van der Waals surface area contributed by atoms with Crippen LogP contribution in [0.2, 0.25) is 0 Å². The number of hydrogen-bond donors (Lipinski definition) is 0. The molecule has 2 fully saturated rings. The van der Waals surface area contributed by atoms with Gasteiger partial charge in [0.15, 0.2) is 11.5 Å². The molecule has 3 heterocycles. The zero-order valence-electron chi connectivity index (χ0n) is 16.9. The second-order valence-electron chi connectivity index (χ2n) is 8.35. The Morgan fingerprint density at radius 1 is 0.867 bits per heavy atom. The van der Waals surface area contributed by atoms with Gasteiger partial charge in [-0.1, -0.05) is 31.9 Å². The number of anilines is 2. The van der Waals surface area contributed by atoms with Gasteiger partial charge in [0.05, 0.1) is 37.8 Å². The smallest absolute Gasteiger partial charge is 0.152 e. The summed E-state index contributed by atoms with van der Waals surface area (Å²) in [7, 11) is 0. The molecule has 2 aromatic carbocycles. The maximum Gasteiger partial charge on any atom is 0.152 e. The fourth-order valence-electron chi connectivity index (χ4n) is 4.78. The van der Waals surface area contributed by atoms with Crippen LogP contribution in [0, 0.1) is 11.8 Å². The van der Waals surface area contributed by atoms with Crippen LogP contribution >= 0.6 is 31.9 Å². The molecule has 7 heteroatoms. The van der Waals surface area contributed by atoms with Crippen molar-refractivity contribution in [1.29, 1.82) is 0 Å². The molecule has 3 aliphatic rings. The van der Waals surface area contributed by atoms with E-state index in [0.717, 1.165) is 77.8 Å². The van der Waals surface area contributed by atoms with Crippen molar-refractivity contribution < 1.29 is 14.2 Å². The Balaban J connectivity index is 1.19. The van der Waals surface area contributed by atoms with Gasteiger partial charge in [-0.15, -0.1) is 0 Å². The van der Waals surface area contributed by atoms with E-state index in [0.29, 0.717) is 18.4 Å². The summed E-state index contributed by atoms with van der Waals surface area (Å²) in [5, 5.41) is 0. The normalized spacial score (nSPS) is 22.9. The monoisotopic (exact) mass is 536 g/mol. The standard InChI is InChI=1S/C23H26Br2N2O3/c24-18-1-3-20-22(10-18)30-23-11-19(25)2-4-21(23)27(20)6-8-28-7-5-26-12-16-9-17(13-26)15-29-14-16/h1-4,10-11,16-17H,5-9,12-15H2. The highest BCUT2D eigenvalue weighted by molar-refractivity contribution is 9.10.